The largest absolute Gasteiger partial charge is 0.481 e. The Kier molecular flexibility index (Phi) is 3.95. The number of H-pyrrole nitrogens is 1. The van der Waals surface area contributed by atoms with Crippen molar-refractivity contribution in [3.8, 4) is 10.6 Å². The van der Waals surface area contributed by atoms with Crippen molar-refractivity contribution in [1.82, 2.24) is 15.5 Å². The van der Waals surface area contributed by atoms with Crippen LogP contribution >= 0.6 is 11.3 Å². The number of ether oxygens (including phenoxy) is 1. The summed E-state index contributed by atoms with van der Waals surface area (Å²) in [4.78, 5) is 24.3. The van der Waals surface area contributed by atoms with Gasteiger partial charge in [0.05, 0.1) is 29.1 Å². The third-order valence-electron chi connectivity index (χ3n) is 3.57. The van der Waals surface area contributed by atoms with Gasteiger partial charge in [-0.05, 0) is 23.9 Å². The zero-order chi connectivity index (χ0) is 15.6. The Morgan fingerprint density at radius 1 is 1.55 bits per heavy atom. The van der Waals surface area contributed by atoms with Crippen molar-refractivity contribution in [1.29, 1.82) is 0 Å². The number of rotatable bonds is 5. The molecule has 22 heavy (non-hydrogen) atoms. The Labute approximate surface area is 130 Å². The minimum Gasteiger partial charge on any atom is -0.481 e. The van der Waals surface area contributed by atoms with Crippen molar-refractivity contribution < 1.29 is 19.4 Å². The lowest BCUT2D eigenvalue weighted by molar-refractivity contribution is -0.138. The van der Waals surface area contributed by atoms with Crippen LogP contribution in [0.15, 0.2) is 23.6 Å². The second-order valence-corrected chi connectivity index (χ2v) is 6.20. The molecule has 3 rings (SSSR count). The third kappa shape index (κ3) is 3.02. The molecule has 1 atom stereocenters. The van der Waals surface area contributed by atoms with E-state index in [1.54, 1.807) is 17.4 Å². The summed E-state index contributed by atoms with van der Waals surface area (Å²) in [5.41, 5.74) is 0.139. The predicted octanol–water partition coefficient (Wildman–Crippen LogP) is 1.50. The van der Waals surface area contributed by atoms with Gasteiger partial charge in [0, 0.05) is 6.61 Å². The monoisotopic (exact) mass is 321 g/mol. The van der Waals surface area contributed by atoms with Crippen LogP contribution in [0.3, 0.4) is 0 Å². The SMILES string of the molecule is O=C(O)CC1(NC(=O)c2cc(-c3cccs3)[nH]n2)CCOC1. The number of nitrogens with one attached hydrogen (secondary N) is 2. The normalized spacial score (nSPS) is 20.9. The van der Waals surface area contributed by atoms with Crippen molar-refractivity contribution in [2.75, 3.05) is 13.2 Å². The number of hydrogen-bond donors (Lipinski definition) is 3. The molecule has 2 aromatic rings. The number of aromatic amines is 1. The topological polar surface area (TPSA) is 104 Å². The lowest BCUT2D eigenvalue weighted by atomic mass is 9.94. The minimum atomic E-state index is -0.966. The maximum Gasteiger partial charge on any atom is 0.305 e. The maximum atomic E-state index is 12.3. The van der Waals surface area contributed by atoms with Crippen LogP contribution in [0.25, 0.3) is 10.6 Å². The molecule has 0 aromatic carbocycles. The van der Waals surface area contributed by atoms with E-state index in [9.17, 15) is 9.59 Å². The highest BCUT2D eigenvalue weighted by Crippen LogP contribution is 2.25. The van der Waals surface area contributed by atoms with Crippen LogP contribution in [0.5, 0.6) is 0 Å². The fraction of sp³-hybridized carbons (Fsp3) is 0.357. The number of amides is 1. The van der Waals surface area contributed by atoms with E-state index in [2.05, 4.69) is 15.5 Å². The summed E-state index contributed by atoms with van der Waals surface area (Å²) in [5, 5.41) is 20.6. The standard InChI is InChI=1S/C14H15N3O4S/c18-12(19)7-14(3-4-21-8-14)15-13(20)10-6-9(16-17-10)11-2-1-5-22-11/h1-2,5-6H,3-4,7-8H2,(H,15,20)(H,16,17)(H,18,19). The molecule has 1 fully saturated rings. The minimum absolute atomic E-state index is 0.166. The molecular formula is C14H15N3O4S. The van der Waals surface area contributed by atoms with Gasteiger partial charge in [0.2, 0.25) is 0 Å². The van der Waals surface area contributed by atoms with E-state index >= 15 is 0 Å². The lowest BCUT2D eigenvalue weighted by Crippen LogP contribution is -2.50. The zero-order valence-electron chi connectivity index (χ0n) is 11.7. The van der Waals surface area contributed by atoms with Crippen molar-refractivity contribution in [3.63, 3.8) is 0 Å². The number of carbonyl (C=O) groups excluding carboxylic acids is 1. The summed E-state index contributed by atoms with van der Waals surface area (Å²) in [7, 11) is 0. The first-order chi connectivity index (χ1) is 10.6. The second-order valence-electron chi connectivity index (χ2n) is 5.25. The molecule has 2 aromatic heterocycles. The van der Waals surface area contributed by atoms with E-state index in [0.717, 1.165) is 10.6 Å². The Bertz CT molecular complexity index is 674. The molecule has 1 amide bonds. The molecule has 0 radical (unpaired) electrons. The van der Waals surface area contributed by atoms with Gasteiger partial charge >= 0.3 is 5.97 Å². The first kappa shape index (κ1) is 14.7. The molecule has 116 valence electrons. The fourth-order valence-corrected chi connectivity index (χ4v) is 3.17. The lowest BCUT2D eigenvalue weighted by Gasteiger charge is -2.26. The molecule has 1 saturated heterocycles. The summed E-state index contributed by atoms with van der Waals surface area (Å²) < 4.78 is 5.26. The highest BCUT2D eigenvalue weighted by Gasteiger charge is 2.39. The van der Waals surface area contributed by atoms with Crippen molar-refractivity contribution in [2.45, 2.75) is 18.4 Å². The summed E-state index contributed by atoms with van der Waals surface area (Å²) >= 11 is 1.54. The maximum absolute atomic E-state index is 12.3. The second kappa shape index (κ2) is 5.90. The number of carbonyl (C=O) groups is 2. The molecule has 3 N–H and O–H groups in total. The molecule has 1 aliphatic heterocycles. The van der Waals surface area contributed by atoms with E-state index in [4.69, 9.17) is 9.84 Å². The van der Waals surface area contributed by atoms with E-state index in [1.165, 1.54) is 0 Å². The van der Waals surface area contributed by atoms with Crippen LogP contribution in [0.2, 0.25) is 0 Å². The smallest absolute Gasteiger partial charge is 0.305 e. The predicted molar refractivity (Wildman–Crippen MR) is 79.8 cm³/mol. The molecule has 0 saturated carbocycles. The van der Waals surface area contributed by atoms with E-state index in [1.807, 2.05) is 17.5 Å². The highest BCUT2D eigenvalue weighted by atomic mass is 32.1. The van der Waals surface area contributed by atoms with Crippen LogP contribution in [-0.4, -0.2) is 45.9 Å². The summed E-state index contributed by atoms with van der Waals surface area (Å²) in [6, 6.07) is 5.50. The van der Waals surface area contributed by atoms with Crippen LogP contribution in [0.4, 0.5) is 0 Å². The van der Waals surface area contributed by atoms with Crippen molar-refractivity contribution in [3.05, 3.63) is 29.3 Å². The highest BCUT2D eigenvalue weighted by molar-refractivity contribution is 7.13. The van der Waals surface area contributed by atoms with Crippen molar-refractivity contribution >= 4 is 23.2 Å². The summed E-state index contributed by atoms with van der Waals surface area (Å²) in [6.45, 7) is 0.641. The van der Waals surface area contributed by atoms with Crippen LogP contribution in [0.1, 0.15) is 23.3 Å². The molecule has 0 bridgehead atoms. The quantitative estimate of drug-likeness (QED) is 0.774. The van der Waals surface area contributed by atoms with Gasteiger partial charge in [0.25, 0.3) is 5.91 Å². The van der Waals surface area contributed by atoms with E-state index in [0.29, 0.717) is 13.0 Å². The molecule has 1 aliphatic rings. The van der Waals surface area contributed by atoms with Gasteiger partial charge in [-0.15, -0.1) is 11.3 Å². The number of carboxylic acids is 1. The Morgan fingerprint density at radius 2 is 2.41 bits per heavy atom. The number of thiophene rings is 1. The molecule has 0 aliphatic carbocycles. The Hall–Kier alpha value is -2.19. The number of aromatic nitrogens is 2. The van der Waals surface area contributed by atoms with Crippen LogP contribution in [-0.2, 0) is 9.53 Å². The first-order valence-corrected chi connectivity index (χ1v) is 7.67. The van der Waals surface area contributed by atoms with Gasteiger partial charge in [0.1, 0.15) is 0 Å². The van der Waals surface area contributed by atoms with Gasteiger partial charge in [0.15, 0.2) is 5.69 Å². The molecule has 0 spiro atoms. The van der Waals surface area contributed by atoms with Gasteiger partial charge in [-0.3, -0.25) is 14.7 Å². The summed E-state index contributed by atoms with van der Waals surface area (Å²) in [6.07, 6.45) is 0.314. The van der Waals surface area contributed by atoms with Gasteiger partial charge < -0.3 is 15.2 Å². The van der Waals surface area contributed by atoms with Gasteiger partial charge in [-0.1, -0.05) is 6.07 Å². The molecule has 7 nitrogen and oxygen atoms in total. The number of aliphatic carboxylic acids is 1. The zero-order valence-corrected chi connectivity index (χ0v) is 12.5. The molecule has 3 heterocycles. The number of carboxylic acid groups (broad SMARTS) is 1. The third-order valence-corrected chi connectivity index (χ3v) is 4.47. The molecule has 8 heteroatoms. The van der Waals surface area contributed by atoms with Crippen LogP contribution in [0, 0.1) is 0 Å². The van der Waals surface area contributed by atoms with Crippen LogP contribution < -0.4 is 5.32 Å². The van der Waals surface area contributed by atoms with Crippen molar-refractivity contribution in [2.24, 2.45) is 0 Å². The average molecular weight is 321 g/mol. The number of nitrogens with zero attached hydrogens (tertiary/aromatic N) is 1. The van der Waals surface area contributed by atoms with Gasteiger partial charge in [-0.2, -0.15) is 5.10 Å². The first-order valence-electron chi connectivity index (χ1n) is 6.79. The Morgan fingerprint density at radius 3 is 3.05 bits per heavy atom. The molecule has 1 unspecified atom stereocenters. The van der Waals surface area contributed by atoms with Gasteiger partial charge in [-0.25, -0.2) is 0 Å². The Balaban J connectivity index is 1.75. The summed E-state index contributed by atoms with van der Waals surface area (Å²) in [5.74, 6) is -1.36. The fourth-order valence-electron chi connectivity index (χ4n) is 2.48. The molecular weight excluding hydrogens is 306 g/mol. The number of hydrogen-bond acceptors (Lipinski definition) is 5. The van der Waals surface area contributed by atoms with E-state index in [-0.39, 0.29) is 18.7 Å². The average Bonchev–Trinajstić information content (AvgIpc) is 3.19. The van der Waals surface area contributed by atoms with E-state index < -0.39 is 17.4 Å².